The Kier molecular flexibility index (Phi) is 6.83. The van der Waals surface area contributed by atoms with Gasteiger partial charge in [-0.3, -0.25) is 4.79 Å². The van der Waals surface area contributed by atoms with Crippen molar-refractivity contribution in [2.24, 2.45) is 0 Å². The minimum Gasteiger partial charge on any atom is -0.480 e. The molecule has 0 aromatic carbocycles. The lowest BCUT2D eigenvalue weighted by molar-refractivity contribution is -0.197. The Bertz CT molecular complexity index is 415. The van der Waals surface area contributed by atoms with E-state index in [-0.39, 0.29) is 19.1 Å². The molecule has 0 heterocycles. The van der Waals surface area contributed by atoms with Crippen molar-refractivity contribution in [2.75, 3.05) is 6.61 Å². The van der Waals surface area contributed by atoms with E-state index in [0.29, 0.717) is 6.42 Å². The molecule has 0 amide bonds. The average molecular weight is 315 g/mol. The number of hydrogen-bond acceptors (Lipinski definition) is 6. The third-order valence-corrected chi connectivity index (χ3v) is 3.12. The van der Waals surface area contributed by atoms with Gasteiger partial charge in [-0.1, -0.05) is 12.2 Å². The number of carbonyl (C=O) groups is 2. The van der Waals surface area contributed by atoms with Gasteiger partial charge in [0, 0.05) is 13.0 Å². The van der Waals surface area contributed by atoms with Gasteiger partial charge in [0.15, 0.2) is 0 Å². The Morgan fingerprint density at radius 2 is 2.09 bits per heavy atom. The van der Waals surface area contributed by atoms with Crippen molar-refractivity contribution >= 4 is 12.1 Å². The molecule has 1 aliphatic carbocycles. The zero-order valence-corrected chi connectivity index (χ0v) is 13.3. The monoisotopic (exact) mass is 315 g/mol. The Balaban J connectivity index is 2.89. The molecule has 0 fully saturated rings. The van der Waals surface area contributed by atoms with Crippen LogP contribution in [-0.2, 0) is 14.4 Å². The van der Waals surface area contributed by atoms with Crippen LogP contribution in [0.2, 0.25) is 0 Å². The summed E-state index contributed by atoms with van der Waals surface area (Å²) in [6, 6.07) is -1.46. The lowest BCUT2D eigenvalue weighted by Gasteiger charge is -2.34. The quantitative estimate of drug-likeness (QED) is 0.440. The summed E-state index contributed by atoms with van der Waals surface area (Å²) in [7, 11) is 0. The topological polar surface area (TPSA) is 96.3 Å². The van der Waals surface area contributed by atoms with Crippen LogP contribution in [0.15, 0.2) is 12.2 Å². The molecule has 0 bridgehead atoms. The molecule has 0 aromatic heterocycles. The van der Waals surface area contributed by atoms with Crippen LogP contribution in [0.1, 0.15) is 46.5 Å². The minimum absolute atomic E-state index is 0.0392. The molecule has 0 aromatic rings. The van der Waals surface area contributed by atoms with Crippen LogP contribution < -0.4 is 0 Å². The summed E-state index contributed by atoms with van der Waals surface area (Å²) in [4.78, 5) is 28.5. The van der Waals surface area contributed by atoms with Crippen LogP contribution >= 0.6 is 0 Å². The van der Waals surface area contributed by atoms with Gasteiger partial charge in [0.2, 0.25) is 0 Å². The number of ether oxygens (including phenoxy) is 1. The van der Waals surface area contributed by atoms with Crippen molar-refractivity contribution in [3.8, 4) is 0 Å². The molecule has 7 nitrogen and oxygen atoms in total. The number of rotatable bonds is 6. The number of carbonyl (C=O) groups excluding carboxylic acids is 1. The highest BCUT2D eigenvalue weighted by atomic mass is 16.8. The molecule has 0 saturated heterocycles. The fourth-order valence-electron chi connectivity index (χ4n) is 2.21. The first-order valence-corrected chi connectivity index (χ1v) is 7.44. The third-order valence-electron chi connectivity index (χ3n) is 3.12. The summed E-state index contributed by atoms with van der Waals surface area (Å²) in [5.74, 6) is -1.16. The molecule has 1 unspecified atom stereocenters. The van der Waals surface area contributed by atoms with Crippen LogP contribution in [0.5, 0.6) is 0 Å². The van der Waals surface area contributed by atoms with E-state index in [0.717, 1.165) is 17.9 Å². The highest BCUT2D eigenvalue weighted by molar-refractivity contribution is 5.73. The summed E-state index contributed by atoms with van der Waals surface area (Å²) >= 11 is 0. The van der Waals surface area contributed by atoms with Gasteiger partial charge >= 0.3 is 12.1 Å². The molecule has 0 saturated carbocycles. The normalized spacial score (nSPS) is 19.8. The van der Waals surface area contributed by atoms with Crippen LogP contribution in [0.4, 0.5) is 4.79 Å². The van der Waals surface area contributed by atoms with Crippen molar-refractivity contribution in [3.05, 3.63) is 12.2 Å². The SMILES string of the molecule is CC(C)(C)OC(=O)ON(C1C=CCCC1)[C@H](CCO)C(=O)O. The van der Waals surface area contributed by atoms with Crippen molar-refractivity contribution in [1.82, 2.24) is 5.06 Å². The van der Waals surface area contributed by atoms with E-state index in [1.165, 1.54) is 0 Å². The van der Waals surface area contributed by atoms with Crippen LogP contribution in [0.25, 0.3) is 0 Å². The van der Waals surface area contributed by atoms with Crippen molar-refractivity contribution in [3.63, 3.8) is 0 Å². The van der Waals surface area contributed by atoms with Gasteiger partial charge in [0.05, 0.1) is 6.04 Å². The van der Waals surface area contributed by atoms with E-state index >= 15 is 0 Å². The zero-order chi connectivity index (χ0) is 16.8. The van der Waals surface area contributed by atoms with Gasteiger partial charge in [-0.2, -0.15) is 0 Å². The minimum atomic E-state index is -1.16. The highest BCUT2D eigenvalue weighted by Crippen LogP contribution is 2.22. The maximum atomic E-state index is 11.9. The zero-order valence-electron chi connectivity index (χ0n) is 13.3. The molecule has 22 heavy (non-hydrogen) atoms. The summed E-state index contributed by atoms with van der Waals surface area (Å²) in [6.07, 6.45) is 5.22. The Hall–Kier alpha value is -1.60. The lowest BCUT2D eigenvalue weighted by atomic mass is 10.0. The number of hydroxylamine groups is 2. The largest absolute Gasteiger partial charge is 0.528 e. The highest BCUT2D eigenvalue weighted by Gasteiger charge is 2.35. The summed E-state index contributed by atoms with van der Waals surface area (Å²) < 4.78 is 5.08. The second-order valence-electron chi connectivity index (χ2n) is 6.21. The lowest BCUT2D eigenvalue weighted by Crippen LogP contribution is -2.49. The molecule has 0 aliphatic heterocycles. The first-order chi connectivity index (χ1) is 10.2. The Morgan fingerprint density at radius 1 is 1.41 bits per heavy atom. The van der Waals surface area contributed by atoms with Crippen LogP contribution in [-0.4, -0.2) is 51.7 Å². The third kappa shape index (κ3) is 6.03. The van der Waals surface area contributed by atoms with Crippen molar-refractivity contribution in [1.29, 1.82) is 0 Å². The van der Waals surface area contributed by atoms with Crippen LogP contribution in [0.3, 0.4) is 0 Å². The summed E-state index contributed by atoms with van der Waals surface area (Å²) in [6.45, 7) is 4.77. The first-order valence-electron chi connectivity index (χ1n) is 7.44. The first kappa shape index (κ1) is 18.4. The number of allylic oxidation sites excluding steroid dienone is 1. The van der Waals surface area contributed by atoms with E-state index in [1.807, 2.05) is 12.2 Å². The number of aliphatic hydroxyl groups excluding tert-OH is 1. The molecule has 2 atom stereocenters. The number of carboxylic acids is 1. The molecule has 126 valence electrons. The number of nitrogens with zero attached hydrogens (tertiary/aromatic N) is 1. The molecule has 0 radical (unpaired) electrons. The van der Waals surface area contributed by atoms with Crippen molar-refractivity contribution < 1.29 is 29.4 Å². The fraction of sp³-hybridized carbons (Fsp3) is 0.733. The number of hydrogen-bond donors (Lipinski definition) is 2. The van der Waals surface area contributed by atoms with Gasteiger partial charge in [-0.25, -0.2) is 4.79 Å². The number of aliphatic hydroxyl groups is 1. The molecule has 0 spiro atoms. The van der Waals surface area contributed by atoms with Gasteiger partial charge in [0.1, 0.15) is 11.6 Å². The van der Waals surface area contributed by atoms with Gasteiger partial charge in [0.25, 0.3) is 0 Å². The predicted molar refractivity (Wildman–Crippen MR) is 79.1 cm³/mol. The Morgan fingerprint density at radius 3 is 2.55 bits per heavy atom. The van der Waals surface area contributed by atoms with Crippen molar-refractivity contribution in [2.45, 2.75) is 64.1 Å². The van der Waals surface area contributed by atoms with E-state index in [1.54, 1.807) is 20.8 Å². The van der Waals surface area contributed by atoms with Gasteiger partial charge in [-0.15, -0.1) is 5.06 Å². The van der Waals surface area contributed by atoms with E-state index in [4.69, 9.17) is 14.7 Å². The molecule has 2 N–H and O–H groups in total. The van der Waals surface area contributed by atoms with Gasteiger partial charge in [-0.05, 0) is 40.0 Å². The van der Waals surface area contributed by atoms with E-state index in [2.05, 4.69) is 0 Å². The van der Waals surface area contributed by atoms with Crippen LogP contribution in [0, 0.1) is 0 Å². The maximum Gasteiger partial charge on any atom is 0.528 e. The van der Waals surface area contributed by atoms with E-state index < -0.39 is 23.8 Å². The smallest absolute Gasteiger partial charge is 0.480 e. The van der Waals surface area contributed by atoms with E-state index in [9.17, 15) is 14.7 Å². The fourth-order valence-corrected chi connectivity index (χ4v) is 2.21. The summed E-state index contributed by atoms with van der Waals surface area (Å²) in [5, 5.41) is 19.5. The standard InChI is InChI=1S/C15H25NO6/c1-15(2,3)21-14(20)22-16(11-7-5-4-6-8-11)12(9-10-17)13(18)19/h5,7,11-12,17H,4,6,8-10H2,1-3H3,(H,18,19)/t11?,12-/m1/s1. The maximum absolute atomic E-state index is 11.9. The Labute approximate surface area is 130 Å². The summed E-state index contributed by atoms with van der Waals surface area (Å²) in [5.41, 5.74) is -0.735. The molecular weight excluding hydrogens is 290 g/mol. The second-order valence-corrected chi connectivity index (χ2v) is 6.21. The predicted octanol–water partition coefficient (Wildman–Crippen LogP) is 2.10. The number of aliphatic carboxylic acids is 1. The number of carboxylic acid groups (broad SMARTS) is 1. The average Bonchev–Trinajstić information content (AvgIpc) is 2.41. The molecule has 1 aliphatic rings. The second kappa shape index (κ2) is 8.14. The molecule has 7 heteroatoms. The van der Waals surface area contributed by atoms with Gasteiger partial charge < -0.3 is 19.8 Å². The molecular formula is C15H25NO6. The molecule has 1 rings (SSSR count).